The molecule has 2 aromatic carbocycles. The molecule has 2 saturated carbocycles. The standard InChI is InChI=1S/C28H30N2O4S2/c1-15-4-9-19(10-5-15)29-22(31)14-30-27-26(36-28(30)32)24(17-8-11-20(33-2)21(13-17)34-3)23-16-6-7-18(12-16)25(23)35-27/h4-5,8-11,13,16,18,23-25H,6-7,12,14H2,1-3H3,(H,29,31)/t16?,18?,23?,24-,25?/m0/s1. The summed E-state index contributed by atoms with van der Waals surface area (Å²) in [4.78, 5) is 27.3. The minimum Gasteiger partial charge on any atom is -0.493 e. The normalized spacial score (nSPS) is 25.8. The maximum absolute atomic E-state index is 13.3. The fourth-order valence-electron chi connectivity index (χ4n) is 6.49. The number of methoxy groups -OCH3 is 2. The van der Waals surface area contributed by atoms with Crippen molar-refractivity contribution >= 4 is 34.7 Å². The average molecular weight is 523 g/mol. The molecule has 8 heteroatoms. The predicted molar refractivity (Wildman–Crippen MR) is 144 cm³/mol. The Morgan fingerprint density at radius 3 is 2.56 bits per heavy atom. The van der Waals surface area contributed by atoms with Crippen LogP contribution in [0.5, 0.6) is 11.5 Å². The molecule has 36 heavy (non-hydrogen) atoms. The Balaban J connectivity index is 1.38. The van der Waals surface area contributed by atoms with Gasteiger partial charge in [-0.05, 0) is 73.8 Å². The third kappa shape index (κ3) is 3.95. The fraction of sp³-hybridized carbons (Fsp3) is 0.429. The number of thioether (sulfide) groups is 1. The molecule has 1 N–H and O–H groups in total. The first-order chi connectivity index (χ1) is 17.5. The van der Waals surface area contributed by atoms with Crippen molar-refractivity contribution < 1.29 is 14.3 Å². The van der Waals surface area contributed by atoms with Gasteiger partial charge in [0.25, 0.3) is 0 Å². The molecule has 1 amide bonds. The van der Waals surface area contributed by atoms with E-state index < -0.39 is 0 Å². The number of thiazole rings is 1. The van der Waals surface area contributed by atoms with Gasteiger partial charge in [0.05, 0.1) is 19.2 Å². The first kappa shape index (κ1) is 23.7. The summed E-state index contributed by atoms with van der Waals surface area (Å²) < 4.78 is 12.8. The predicted octanol–water partition coefficient (Wildman–Crippen LogP) is 5.53. The van der Waals surface area contributed by atoms with Crippen molar-refractivity contribution in [3.63, 3.8) is 0 Å². The van der Waals surface area contributed by atoms with Gasteiger partial charge in [0.15, 0.2) is 11.5 Å². The second kappa shape index (κ2) is 9.30. The largest absolute Gasteiger partial charge is 0.493 e. The van der Waals surface area contributed by atoms with Gasteiger partial charge >= 0.3 is 4.87 Å². The van der Waals surface area contributed by atoms with Gasteiger partial charge in [-0.3, -0.25) is 14.2 Å². The first-order valence-corrected chi connectivity index (χ1v) is 14.1. The molecule has 3 aromatic rings. The SMILES string of the molecule is COc1ccc([C@@H]2c3sc(=O)n(CC(=O)Nc4ccc(C)cc4)c3SC3C4CCC(C4)C32)cc1OC. The summed E-state index contributed by atoms with van der Waals surface area (Å²) in [7, 11) is 3.30. The highest BCUT2D eigenvalue weighted by Crippen LogP contribution is 2.64. The molecule has 0 radical (unpaired) electrons. The number of amides is 1. The minimum absolute atomic E-state index is 0.0235. The van der Waals surface area contributed by atoms with Crippen molar-refractivity contribution in [3.8, 4) is 11.5 Å². The Bertz CT molecular complexity index is 1360. The summed E-state index contributed by atoms with van der Waals surface area (Å²) >= 11 is 3.15. The van der Waals surface area contributed by atoms with Crippen LogP contribution in [0.3, 0.4) is 0 Å². The number of ether oxygens (including phenoxy) is 2. The van der Waals surface area contributed by atoms with Crippen molar-refractivity contribution in [2.45, 2.75) is 48.9 Å². The van der Waals surface area contributed by atoms with Crippen LogP contribution >= 0.6 is 23.1 Å². The van der Waals surface area contributed by atoms with Crippen LogP contribution in [0, 0.1) is 24.7 Å². The van der Waals surface area contributed by atoms with E-state index in [0.717, 1.165) is 26.7 Å². The Morgan fingerprint density at radius 1 is 1.06 bits per heavy atom. The van der Waals surface area contributed by atoms with Gasteiger partial charge in [0.2, 0.25) is 5.91 Å². The lowest BCUT2D eigenvalue weighted by Crippen LogP contribution is -2.34. The summed E-state index contributed by atoms with van der Waals surface area (Å²) in [6, 6.07) is 13.9. The highest BCUT2D eigenvalue weighted by atomic mass is 32.2. The van der Waals surface area contributed by atoms with Crippen LogP contribution in [0.25, 0.3) is 0 Å². The molecule has 2 heterocycles. The van der Waals surface area contributed by atoms with Gasteiger partial charge in [-0.1, -0.05) is 35.1 Å². The highest BCUT2D eigenvalue weighted by molar-refractivity contribution is 8.00. The molecule has 0 spiro atoms. The van der Waals surface area contributed by atoms with E-state index in [-0.39, 0.29) is 23.2 Å². The van der Waals surface area contributed by atoms with Gasteiger partial charge in [-0.2, -0.15) is 0 Å². The fourth-order valence-corrected chi connectivity index (χ4v) is 9.64. The van der Waals surface area contributed by atoms with Crippen LogP contribution in [-0.4, -0.2) is 29.9 Å². The van der Waals surface area contributed by atoms with Crippen molar-refractivity contribution in [2.24, 2.45) is 17.8 Å². The lowest BCUT2D eigenvalue weighted by molar-refractivity contribution is -0.116. The van der Waals surface area contributed by atoms with Crippen LogP contribution < -0.4 is 19.7 Å². The third-order valence-corrected chi connectivity index (χ3v) is 10.9. The molecule has 3 aliphatic rings. The minimum atomic E-state index is -0.181. The second-order valence-corrected chi connectivity index (χ2v) is 12.3. The van der Waals surface area contributed by atoms with E-state index >= 15 is 0 Å². The summed E-state index contributed by atoms with van der Waals surface area (Å²) in [6.45, 7) is 2.04. The highest BCUT2D eigenvalue weighted by Gasteiger charge is 2.55. The number of benzene rings is 2. The molecule has 6 rings (SSSR count). The maximum Gasteiger partial charge on any atom is 0.308 e. The molecule has 5 atom stereocenters. The zero-order valence-electron chi connectivity index (χ0n) is 20.7. The summed E-state index contributed by atoms with van der Waals surface area (Å²) in [5.74, 6) is 3.20. The first-order valence-electron chi connectivity index (χ1n) is 12.5. The number of anilines is 1. The third-order valence-electron chi connectivity index (χ3n) is 8.09. The van der Waals surface area contributed by atoms with Crippen LogP contribution in [-0.2, 0) is 11.3 Å². The Kier molecular flexibility index (Phi) is 6.12. The molecule has 188 valence electrons. The molecular formula is C28H30N2O4S2. The van der Waals surface area contributed by atoms with Crippen molar-refractivity contribution in [2.75, 3.05) is 19.5 Å². The molecular weight excluding hydrogens is 492 g/mol. The van der Waals surface area contributed by atoms with Crippen LogP contribution in [0.2, 0.25) is 0 Å². The molecule has 2 aliphatic carbocycles. The topological polar surface area (TPSA) is 69.6 Å². The number of hydrogen-bond acceptors (Lipinski definition) is 6. The number of nitrogens with one attached hydrogen (secondary N) is 1. The monoisotopic (exact) mass is 522 g/mol. The molecule has 4 unspecified atom stereocenters. The number of nitrogens with zero attached hydrogens (tertiary/aromatic N) is 1. The molecule has 0 saturated heterocycles. The molecule has 2 fully saturated rings. The lowest BCUT2D eigenvalue weighted by atomic mass is 9.75. The molecule has 6 nitrogen and oxygen atoms in total. The smallest absolute Gasteiger partial charge is 0.308 e. The van der Waals surface area contributed by atoms with Gasteiger partial charge in [-0.25, -0.2) is 0 Å². The van der Waals surface area contributed by atoms with Gasteiger partial charge in [-0.15, -0.1) is 11.8 Å². The van der Waals surface area contributed by atoms with E-state index in [1.165, 1.54) is 30.6 Å². The Labute approximate surface area is 219 Å². The molecule has 1 aromatic heterocycles. The number of hydrogen-bond donors (Lipinski definition) is 1. The maximum atomic E-state index is 13.3. The number of fused-ring (bicyclic) bond motifs is 6. The number of carbonyl (C=O) groups is 1. The van der Waals surface area contributed by atoms with E-state index in [1.54, 1.807) is 18.8 Å². The summed E-state index contributed by atoms with van der Waals surface area (Å²) in [6.07, 6.45) is 3.79. The zero-order chi connectivity index (χ0) is 25.0. The lowest BCUT2D eigenvalue weighted by Gasteiger charge is -2.40. The summed E-state index contributed by atoms with van der Waals surface area (Å²) in [5, 5.41) is 4.39. The van der Waals surface area contributed by atoms with E-state index in [0.29, 0.717) is 34.5 Å². The van der Waals surface area contributed by atoms with Crippen molar-refractivity contribution in [3.05, 3.63) is 68.1 Å². The Hall–Kier alpha value is -2.71. The van der Waals surface area contributed by atoms with E-state index in [9.17, 15) is 9.59 Å². The zero-order valence-corrected chi connectivity index (χ0v) is 22.3. The van der Waals surface area contributed by atoms with Gasteiger partial charge < -0.3 is 14.8 Å². The average Bonchev–Trinajstić information content (AvgIpc) is 3.58. The Morgan fingerprint density at radius 2 is 1.81 bits per heavy atom. The molecule has 1 aliphatic heterocycles. The number of rotatable bonds is 6. The van der Waals surface area contributed by atoms with Crippen LogP contribution in [0.1, 0.15) is 41.2 Å². The van der Waals surface area contributed by atoms with E-state index in [2.05, 4.69) is 17.4 Å². The number of aryl methyl sites for hydroxylation is 1. The van der Waals surface area contributed by atoms with Crippen molar-refractivity contribution in [1.82, 2.24) is 4.57 Å². The van der Waals surface area contributed by atoms with Crippen LogP contribution in [0.4, 0.5) is 5.69 Å². The van der Waals surface area contributed by atoms with E-state index in [4.69, 9.17) is 9.47 Å². The summed E-state index contributed by atoms with van der Waals surface area (Å²) in [5.41, 5.74) is 3.04. The quantitative estimate of drug-likeness (QED) is 0.461. The van der Waals surface area contributed by atoms with Crippen LogP contribution in [0.15, 0.2) is 52.3 Å². The number of carbonyl (C=O) groups excluding carboxylic acids is 1. The second-order valence-electron chi connectivity index (χ2n) is 10.1. The molecule has 2 bridgehead atoms. The van der Waals surface area contributed by atoms with Crippen molar-refractivity contribution in [1.29, 1.82) is 0 Å². The van der Waals surface area contributed by atoms with Gasteiger partial charge in [0, 0.05) is 21.7 Å². The van der Waals surface area contributed by atoms with E-state index in [1.807, 2.05) is 49.0 Å². The number of aromatic nitrogens is 1. The van der Waals surface area contributed by atoms with Gasteiger partial charge in [0.1, 0.15) is 6.54 Å².